The van der Waals surface area contributed by atoms with Crippen molar-refractivity contribution in [3.8, 4) is 0 Å². The van der Waals surface area contributed by atoms with Crippen molar-refractivity contribution in [3.05, 3.63) is 21.6 Å². The van der Waals surface area contributed by atoms with Gasteiger partial charge in [-0.15, -0.1) is 0 Å². The second kappa shape index (κ2) is 8.07. The lowest BCUT2D eigenvalue weighted by atomic mass is 10.2. The number of hydrogen-bond donors (Lipinski definition) is 3. The first kappa shape index (κ1) is 14.9. The SMILES string of the molecule is O=c1c(Cl)c(NCCCCCO)cnn1CCO. The van der Waals surface area contributed by atoms with Gasteiger partial charge < -0.3 is 15.5 Å². The fourth-order valence-corrected chi connectivity index (χ4v) is 1.69. The molecule has 102 valence electrons. The van der Waals surface area contributed by atoms with E-state index >= 15 is 0 Å². The Morgan fingerprint density at radius 1 is 1.28 bits per heavy atom. The van der Waals surface area contributed by atoms with Crippen LogP contribution in [0.5, 0.6) is 0 Å². The van der Waals surface area contributed by atoms with E-state index in [2.05, 4.69) is 10.4 Å². The first-order chi connectivity index (χ1) is 8.70. The summed E-state index contributed by atoms with van der Waals surface area (Å²) in [5.41, 5.74) is 0.0888. The number of nitrogens with one attached hydrogen (secondary N) is 1. The summed E-state index contributed by atoms with van der Waals surface area (Å²) in [4.78, 5) is 11.7. The molecule has 7 heteroatoms. The third-order valence-corrected chi connectivity index (χ3v) is 2.81. The van der Waals surface area contributed by atoms with Gasteiger partial charge in [0.15, 0.2) is 0 Å². The maximum atomic E-state index is 11.7. The van der Waals surface area contributed by atoms with Crippen LogP contribution in [0.1, 0.15) is 19.3 Å². The van der Waals surface area contributed by atoms with Crippen molar-refractivity contribution in [2.75, 3.05) is 25.1 Å². The topological polar surface area (TPSA) is 87.4 Å². The number of anilines is 1. The molecule has 1 aromatic heterocycles. The summed E-state index contributed by atoms with van der Waals surface area (Å²) in [6, 6.07) is 0. The Morgan fingerprint density at radius 2 is 2.06 bits per heavy atom. The zero-order chi connectivity index (χ0) is 13.4. The molecule has 0 bridgehead atoms. The highest BCUT2D eigenvalue weighted by Gasteiger charge is 2.08. The highest BCUT2D eigenvalue weighted by atomic mass is 35.5. The molecular weight excluding hydrogens is 258 g/mol. The van der Waals surface area contributed by atoms with Crippen LogP contribution >= 0.6 is 11.6 Å². The van der Waals surface area contributed by atoms with Gasteiger partial charge in [-0.2, -0.15) is 5.10 Å². The molecule has 1 heterocycles. The van der Waals surface area contributed by atoms with E-state index < -0.39 is 5.56 Å². The first-order valence-corrected chi connectivity index (χ1v) is 6.29. The molecule has 0 aromatic carbocycles. The Balaban J connectivity index is 2.57. The summed E-state index contributed by atoms with van der Waals surface area (Å²) in [6.07, 6.45) is 4.05. The van der Waals surface area contributed by atoms with Crippen LogP contribution in [-0.2, 0) is 6.54 Å². The minimum atomic E-state index is -0.411. The van der Waals surface area contributed by atoms with Crippen LogP contribution in [0.3, 0.4) is 0 Å². The van der Waals surface area contributed by atoms with Crippen molar-refractivity contribution in [2.24, 2.45) is 0 Å². The Kier molecular flexibility index (Phi) is 6.70. The second-order valence-electron chi connectivity index (χ2n) is 3.84. The van der Waals surface area contributed by atoms with Crippen LogP contribution in [-0.4, -0.2) is 39.8 Å². The molecule has 1 rings (SSSR count). The van der Waals surface area contributed by atoms with Gasteiger partial charge in [0.2, 0.25) is 0 Å². The zero-order valence-electron chi connectivity index (χ0n) is 10.1. The number of aromatic nitrogens is 2. The highest BCUT2D eigenvalue weighted by Crippen LogP contribution is 2.15. The molecule has 3 N–H and O–H groups in total. The van der Waals surface area contributed by atoms with Crippen LogP contribution in [0.25, 0.3) is 0 Å². The number of aliphatic hydroxyl groups is 2. The molecule has 18 heavy (non-hydrogen) atoms. The number of rotatable bonds is 8. The van der Waals surface area contributed by atoms with Crippen molar-refractivity contribution < 1.29 is 10.2 Å². The number of hydrogen-bond acceptors (Lipinski definition) is 5. The smallest absolute Gasteiger partial charge is 0.287 e. The van der Waals surface area contributed by atoms with Gasteiger partial charge >= 0.3 is 0 Å². The summed E-state index contributed by atoms with van der Waals surface area (Å²) in [7, 11) is 0. The Hall–Kier alpha value is -1.11. The van der Waals surface area contributed by atoms with Gasteiger partial charge in [0.25, 0.3) is 5.56 Å². The molecule has 0 unspecified atom stereocenters. The number of aliphatic hydroxyl groups excluding tert-OH is 2. The molecule has 0 saturated carbocycles. The third-order valence-electron chi connectivity index (χ3n) is 2.45. The van der Waals surface area contributed by atoms with Gasteiger partial charge in [0.1, 0.15) is 5.02 Å². The van der Waals surface area contributed by atoms with Crippen LogP contribution in [0.4, 0.5) is 5.69 Å². The minimum absolute atomic E-state index is 0.0839. The maximum Gasteiger partial charge on any atom is 0.287 e. The fraction of sp³-hybridized carbons (Fsp3) is 0.636. The maximum absolute atomic E-state index is 11.7. The van der Waals surface area contributed by atoms with E-state index in [4.69, 9.17) is 21.8 Å². The molecule has 0 fully saturated rings. The van der Waals surface area contributed by atoms with Crippen LogP contribution < -0.4 is 10.9 Å². The quantitative estimate of drug-likeness (QED) is 0.600. The lowest BCUT2D eigenvalue weighted by molar-refractivity contribution is 0.266. The number of unbranched alkanes of at least 4 members (excludes halogenated alkanes) is 2. The van der Waals surface area contributed by atoms with Crippen molar-refractivity contribution in [3.63, 3.8) is 0 Å². The molecule has 0 radical (unpaired) electrons. The molecule has 0 aliphatic rings. The Labute approximate surface area is 110 Å². The zero-order valence-corrected chi connectivity index (χ0v) is 10.9. The Morgan fingerprint density at radius 3 is 2.72 bits per heavy atom. The minimum Gasteiger partial charge on any atom is -0.396 e. The van der Waals surface area contributed by atoms with Gasteiger partial charge in [-0.05, 0) is 19.3 Å². The molecule has 0 aliphatic heterocycles. The normalized spacial score (nSPS) is 10.6. The standard InChI is InChI=1S/C11H18ClN3O3/c12-10-9(13-4-2-1-3-6-16)8-14-15(5-7-17)11(10)18/h8,13,16-17H,1-7H2. The van der Waals surface area contributed by atoms with E-state index in [1.54, 1.807) is 0 Å². The van der Waals surface area contributed by atoms with Crippen molar-refractivity contribution in [2.45, 2.75) is 25.8 Å². The largest absolute Gasteiger partial charge is 0.396 e. The van der Waals surface area contributed by atoms with Crippen molar-refractivity contribution in [1.82, 2.24) is 9.78 Å². The highest BCUT2D eigenvalue weighted by molar-refractivity contribution is 6.32. The number of nitrogens with zero attached hydrogens (tertiary/aromatic N) is 2. The van der Waals surface area contributed by atoms with Gasteiger partial charge in [-0.25, -0.2) is 4.68 Å². The van der Waals surface area contributed by atoms with E-state index in [0.29, 0.717) is 12.2 Å². The lowest BCUT2D eigenvalue weighted by Gasteiger charge is -2.09. The van der Waals surface area contributed by atoms with Gasteiger partial charge in [0, 0.05) is 13.2 Å². The summed E-state index contributed by atoms with van der Waals surface area (Å²) < 4.78 is 1.12. The van der Waals surface area contributed by atoms with E-state index in [-0.39, 0.29) is 24.8 Å². The van der Waals surface area contributed by atoms with E-state index in [1.807, 2.05) is 0 Å². The molecule has 0 saturated heterocycles. The average molecular weight is 276 g/mol. The van der Waals surface area contributed by atoms with Crippen molar-refractivity contribution >= 4 is 17.3 Å². The van der Waals surface area contributed by atoms with E-state index in [9.17, 15) is 4.79 Å². The predicted molar refractivity (Wildman–Crippen MR) is 70.0 cm³/mol. The second-order valence-corrected chi connectivity index (χ2v) is 4.21. The molecule has 6 nitrogen and oxygen atoms in total. The first-order valence-electron chi connectivity index (χ1n) is 5.92. The number of halogens is 1. The van der Waals surface area contributed by atoms with Crippen LogP contribution in [0.15, 0.2) is 11.0 Å². The van der Waals surface area contributed by atoms with E-state index in [0.717, 1.165) is 23.9 Å². The van der Waals surface area contributed by atoms with Gasteiger partial charge in [-0.3, -0.25) is 4.79 Å². The summed E-state index contributed by atoms with van der Waals surface area (Å²) in [5.74, 6) is 0. The fourth-order valence-electron chi connectivity index (χ4n) is 1.48. The monoisotopic (exact) mass is 275 g/mol. The summed E-state index contributed by atoms with van der Waals surface area (Å²) in [6.45, 7) is 0.844. The van der Waals surface area contributed by atoms with Gasteiger partial charge in [0.05, 0.1) is 25.0 Å². The summed E-state index contributed by atoms with van der Waals surface area (Å²) >= 11 is 5.92. The van der Waals surface area contributed by atoms with Crippen LogP contribution in [0, 0.1) is 0 Å². The molecule has 1 aromatic rings. The predicted octanol–water partition coefficient (Wildman–Crippen LogP) is 0.463. The Bertz CT molecular complexity index is 422. The van der Waals surface area contributed by atoms with Gasteiger partial charge in [-0.1, -0.05) is 11.6 Å². The van der Waals surface area contributed by atoms with E-state index in [1.165, 1.54) is 6.20 Å². The third kappa shape index (κ3) is 4.29. The average Bonchev–Trinajstić information content (AvgIpc) is 2.37. The lowest BCUT2D eigenvalue weighted by Crippen LogP contribution is -2.25. The van der Waals surface area contributed by atoms with Crippen molar-refractivity contribution in [1.29, 1.82) is 0 Å². The molecular formula is C11H18ClN3O3. The molecule has 0 aliphatic carbocycles. The molecule has 0 atom stereocenters. The summed E-state index contributed by atoms with van der Waals surface area (Å²) in [5, 5.41) is 24.4. The van der Waals surface area contributed by atoms with Crippen LogP contribution in [0.2, 0.25) is 5.02 Å². The molecule has 0 spiro atoms. The molecule has 0 amide bonds.